The van der Waals surface area contributed by atoms with Gasteiger partial charge in [0.2, 0.25) is 0 Å². The van der Waals surface area contributed by atoms with Crippen molar-refractivity contribution in [2.75, 3.05) is 5.73 Å². The maximum Gasteiger partial charge on any atom is 0.261 e. The van der Waals surface area contributed by atoms with Gasteiger partial charge in [-0.15, -0.1) is 11.3 Å². The first-order valence-corrected chi connectivity index (χ1v) is 6.00. The molecule has 0 bridgehead atoms. The lowest BCUT2D eigenvalue weighted by molar-refractivity contribution is 0.0954. The number of hydrogen-bond acceptors (Lipinski definition) is 4. The first kappa shape index (κ1) is 11.7. The molecule has 2 aromatic heterocycles. The summed E-state index contributed by atoms with van der Waals surface area (Å²) < 4.78 is 1.70. The number of aromatic nitrogens is 2. The van der Waals surface area contributed by atoms with Crippen LogP contribution in [-0.4, -0.2) is 15.7 Å². The molecule has 0 saturated heterocycles. The summed E-state index contributed by atoms with van der Waals surface area (Å²) >= 11 is 1.40. The van der Waals surface area contributed by atoms with Gasteiger partial charge in [-0.05, 0) is 19.1 Å². The third kappa shape index (κ3) is 2.65. The van der Waals surface area contributed by atoms with Crippen LogP contribution in [-0.2, 0) is 13.6 Å². The number of hydrogen-bond donors (Lipinski definition) is 2. The summed E-state index contributed by atoms with van der Waals surface area (Å²) in [6.45, 7) is 2.33. The van der Waals surface area contributed by atoms with E-state index in [0.717, 1.165) is 10.6 Å². The average molecular weight is 250 g/mol. The van der Waals surface area contributed by atoms with Crippen LogP contribution in [0.2, 0.25) is 0 Å². The molecule has 0 atom stereocenters. The van der Waals surface area contributed by atoms with Gasteiger partial charge in [-0.2, -0.15) is 5.10 Å². The molecule has 90 valence electrons. The molecule has 0 aliphatic heterocycles. The highest BCUT2D eigenvalue weighted by atomic mass is 32.1. The third-order valence-electron chi connectivity index (χ3n) is 2.38. The van der Waals surface area contributed by atoms with Crippen molar-refractivity contribution in [3.05, 3.63) is 33.8 Å². The van der Waals surface area contributed by atoms with Gasteiger partial charge in [-0.25, -0.2) is 0 Å². The SMILES string of the molecule is Cc1sc(C(=O)NCc2ccn(C)n2)cc1N. The fourth-order valence-electron chi connectivity index (χ4n) is 1.42. The first-order chi connectivity index (χ1) is 8.06. The number of nitrogen functional groups attached to an aromatic ring is 1. The van der Waals surface area contributed by atoms with Gasteiger partial charge in [0.15, 0.2) is 0 Å². The molecule has 0 aromatic carbocycles. The molecule has 2 aromatic rings. The van der Waals surface area contributed by atoms with Crippen LogP contribution < -0.4 is 11.1 Å². The fraction of sp³-hybridized carbons (Fsp3) is 0.273. The van der Waals surface area contributed by atoms with Crippen LogP contribution in [0.1, 0.15) is 20.2 Å². The van der Waals surface area contributed by atoms with Crippen LogP contribution in [0.3, 0.4) is 0 Å². The molecule has 0 aliphatic carbocycles. The number of carbonyl (C=O) groups is 1. The molecule has 6 heteroatoms. The van der Waals surface area contributed by atoms with Crippen LogP contribution >= 0.6 is 11.3 Å². The minimum absolute atomic E-state index is 0.111. The zero-order valence-corrected chi connectivity index (χ0v) is 10.5. The molecule has 3 N–H and O–H groups in total. The summed E-state index contributed by atoms with van der Waals surface area (Å²) in [5.41, 5.74) is 7.20. The number of carbonyl (C=O) groups excluding carboxylic acids is 1. The minimum Gasteiger partial charge on any atom is -0.398 e. The van der Waals surface area contributed by atoms with Crippen LogP contribution in [0.4, 0.5) is 5.69 Å². The summed E-state index contributed by atoms with van der Waals surface area (Å²) in [4.78, 5) is 13.4. The maximum atomic E-state index is 11.8. The van der Waals surface area contributed by atoms with E-state index < -0.39 is 0 Å². The van der Waals surface area contributed by atoms with Crippen LogP contribution in [0.5, 0.6) is 0 Å². The van der Waals surface area contributed by atoms with Crippen molar-refractivity contribution in [1.82, 2.24) is 15.1 Å². The van der Waals surface area contributed by atoms with Gasteiger partial charge in [0, 0.05) is 23.8 Å². The molecular weight excluding hydrogens is 236 g/mol. The standard InChI is InChI=1S/C11H14N4OS/c1-7-9(12)5-10(17-7)11(16)13-6-8-3-4-15(2)14-8/h3-5H,6,12H2,1-2H3,(H,13,16). The minimum atomic E-state index is -0.111. The number of aryl methyl sites for hydroxylation is 2. The van der Waals surface area contributed by atoms with Crippen molar-refractivity contribution in [3.8, 4) is 0 Å². The van der Waals surface area contributed by atoms with Crippen molar-refractivity contribution in [2.24, 2.45) is 7.05 Å². The van der Waals surface area contributed by atoms with E-state index in [0.29, 0.717) is 17.1 Å². The number of anilines is 1. The normalized spacial score (nSPS) is 10.5. The molecule has 0 unspecified atom stereocenters. The predicted octanol–water partition coefficient (Wildman–Crippen LogP) is 1.30. The molecule has 0 spiro atoms. The van der Waals surface area contributed by atoms with Crippen molar-refractivity contribution in [1.29, 1.82) is 0 Å². The number of amides is 1. The second kappa shape index (κ2) is 4.58. The lowest BCUT2D eigenvalue weighted by Gasteiger charge is -2.00. The summed E-state index contributed by atoms with van der Waals surface area (Å²) in [6.07, 6.45) is 1.84. The molecule has 2 heterocycles. The molecule has 2 rings (SSSR count). The Hall–Kier alpha value is -1.82. The summed E-state index contributed by atoms with van der Waals surface area (Å²) in [5, 5.41) is 6.99. The lowest BCUT2D eigenvalue weighted by atomic mass is 10.3. The van der Waals surface area contributed by atoms with Gasteiger partial charge in [0.1, 0.15) is 0 Å². The highest BCUT2D eigenvalue weighted by molar-refractivity contribution is 7.14. The number of rotatable bonds is 3. The number of thiophene rings is 1. The molecule has 0 fully saturated rings. The molecular formula is C11H14N4OS. The molecule has 17 heavy (non-hydrogen) atoms. The zero-order chi connectivity index (χ0) is 12.4. The Balaban J connectivity index is 1.98. The number of nitrogens with zero attached hydrogens (tertiary/aromatic N) is 2. The van der Waals surface area contributed by atoms with E-state index >= 15 is 0 Å². The highest BCUT2D eigenvalue weighted by Crippen LogP contribution is 2.23. The van der Waals surface area contributed by atoms with E-state index in [1.807, 2.05) is 26.2 Å². The highest BCUT2D eigenvalue weighted by Gasteiger charge is 2.10. The van der Waals surface area contributed by atoms with Crippen molar-refractivity contribution < 1.29 is 4.79 Å². The number of nitrogens with one attached hydrogen (secondary N) is 1. The summed E-state index contributed by atoms with van der Waals surface area (Å²) in [5.74, 6) is -0.111. The quantitative estimate of drug-likeness (QED) is 0.862. The maximum absolute atomic E-state index is 11.8. The Morgan fingerprint density at radius 3 is 2.94 bits per heavy atom. The molecule has 5 nitrogen and oxygen atoms in total. The van der Waals surface area contributed by atoms with Crippen molar-refractivity contribution >= 4 is 22.9 Å². The van der Waals surface area contributed by atoms with Gasteiger partial charge in [0.25, 0.3) is 5.91 Å². The fourth-order valence-corrected chi connectivity index (χ4v) is 2.28. The largest absolute Gasteiger partial charge is 0.398 e. The van der Waals surface area contributed by atoms with Gasteiger partial charge < -0.3 is 11.1 Å². The zero-order valence-electron chi connectivity index (χ0n) is 9.73. The van der Waals surface area contributed by atoms with Crippen molar-refractivity contribution in [2.45, 2.75) is 13.5 Å². The topological polar surface area (TPSA) is 72.9 Å². The van der Waals surface area contributed by atoms with Crippen molar-refractivity contribution in [3.63, 3.8) is 0 Å². The van der Waals surface area contributed by atoms with E-state index in [2.05, 4.69) is 10.4 Å². The molecule has 1 amide bonds. The van der Waals surface area contributed by atoms with E-state index in [9.17, 15) is 4.79 Å². The second-order valence-corrected chi connectivity index (χ2v) is 5.04. The van der Waals surface area contributed by atoms with Gasteiger partial charge >= 0.3 is 0 Å². The van der Waals surface area contributed by atoms with Crippen LogP contribution in [0.25, 0.3) is 0 Å². The predicted molar refractivity (Wildman–Crippen MR) is 67.8 cm³/mol. The van der Waals surface area contributed by atoms with E-state index in [1.54, 1.807) is 10.7 Å². The Morgan fingerprint density at radius 2 is 2.41 bits per heavy atom. The monoisotopic (exact) mass is 250 g/mol. The lowest BCUT2D eigenvalue weighted by Crippen LogP contribution is -2.22. The Kier molecular flexibility index (Phi) is 3.14. The van der Waals surface area contributed by atoms with E-state index in [1.165, 1.54) is 11.3 Å². The molecule has 0 saturated carbocycles. The third-order valence-corrected chi connectivity index (χ3v) is 3.44. The van der Waals surface area contributed by atoms with E-state index in [4.69, 9.17) is 5.73 Å². The second-order valence-electron chi connectivity index (χ2n) is 3.79. The Labute approximate surface area is 103 Å². The average Bonchev–Trinajstić information content (AvgIpc) is 2.83. The summed E-state index contributed by atoms with van der Waals surface area (Å²) in [7, 11) is 1.84. The van der Waals surface area contributed by atoms with Gasteiger partial charge in [-0.3, -0.25) is 9.48 Å². The van der Waals surface area contributed by atoms with Crippen LogP contribution in [0.15, 0.2) is 18.3 Å². The summed E-state index contributed by atoms with van der Waals surface area (Å²) in [6, 6.07) is 3.57. The molecule has 0 radical (unpaired) electrons. The Bertz CT molecular complexity index is 524. The number of nitrogens with two attached hydrogens (primary N) is 1. The first-order valence-electron chi connectivity index (χ1n) is 5.19. The van der Waals surface area contributed by atoms with Gasteiger partial charge in [-0.1, -0.05) is 0 Å². The molecule has 0 aliphatic rings. The van der Waals surface area contributed by atoms with E-state index in [-0.39, 0.29) is 5.91 Å². The van der Waals surface area contributed by atoms with Gasteiger partial charge in [0.05, 0.1) is 17.1 Å². The van der Waals surface area contributed by atoms with Crippen LogP contribution in [0, 0.1) is 6.92 Å². The smallest absolute Gasteiger partial charge is 0.261 e. The Morgan fingerprint density at radius 1 is 1.65 bits per heavy atom.